The molecule has 1 atom stereocenters. The fourth-order valence-corrected chi connectivity index (χ4v) is 3.97. The predicted octanol–water partition coefficient (Wildman–Crippen LogP) is 3.04. The first-order valence-electron chi connectivity index (χ1n) is 8.33. The van der Waals surface area contributed by atoms with E-state index in [4.69, 9.17) is 0 Å². The van der Waals surface area contributed by atoms with Gasteiger partial charge in [-0.2, -0.15) is 5.26 Å². The monoisotopic (exact) mass is 350 g/mol. The first kappa shape index (κ1) is 15.8. The van der Waals surface area contributed by atoms with Gasteiger partial charge in [-0.1, -0.05) is 0 Å². The van der Waals surface area contributed by atoms with E-state index in [1.165, 1.54) is 0 Å². The van der Waals surface area contributed by atoms with Crippen LogP contribution >= 0.6 is 11.3 Å². The number of nitriles is 1. The molecule has 0 bridgehead atoms. The zero-order valence-corrected chi connectivity index (χ0v) is 14.6. The quantitative estimate of drug-likeness (QED) is 0.723. The molecule has 1 aliphatic heterocycles. The molecule has 7 heteroatoms. The van der Waals surface area contributed by atoms with E-state index in [0.29, 0.717) is 11.5 Å². The van der Waals surface area contributed by atoms with Crippen LogP contribution in [0.5, 0.6) is 0 Å². The molecule has 4 rings (SSSR count). The third-order valence-corrected chi connectivity index (χ3v) is 5.19. The molecule has 0 radical (unpaired) electrons. The van der Waals surface area contributed by atoms with Crippen molar-refractivity contribution in [1.29, 1.82) is 5.26 Å². The summed E-state index contributed by atoms with van der Waals surface area (Å²) in [6.45, 7) is 2.51. The molecule has 3 aromatic rings. The smallest absolute Gasteiger partial charge is 0.146 e. The fraction of sp³-hybridized carbons (Fsp3) is 0.333. The maximum absolute atomic E-state index is 9.35. The molecule has 4 heterocycles. The summed E-state index contributed by atoms with van der Waals surface area (Å²) >= 11 is 1.61. The van der Waals surface area contributed by atoms with Gasteiger partial charge >= 0.3 is 0 Å². The predicted molar refractivity (Wildman–Crippen MR) is 96.6 cm³/mol. The number of imidazole rings is 1. The Morgan fingerprint density at radius 2 is 2.24 bits per heavy atom. The molecule has 0 amide bonds. The summed E-state index contributed by atoms with van der Waals surface area (Å²) in [5.41, 5.74) is 3.56. The molecule has 1 aliphatic rings. The van der Waals surface area contributed by atoms with Crippen LogP contribution in [0.3, 0.4) is 0 Å². The Morgan fingerprint density at radius 1 is 1.28 bits per heavy atom. The summed E-state index contributed by atoms with van der Waals surface area (Å²) in [6, 6.07) is 5.89. The van der Waals surface area contributed by atoms with Crippen molar-refractivity contribution in [3.63, 3.8) is 0 Å². The van der Waals surface area contributed by atoms with Gasteiger partial charge in [0.05, 0.1) is 23.3 Å². The van der Waals surface area contributed by atoms with Crippen LogP contribution in [0.4, 0.5) is 5.82 Å². The number of hydrogen-bond donors (Lipinski definition) is 0. The summed E-state index contributed by atoms with van der Waals surface area (Å²) < 4.78 is 2.19. The molecule has 126 valence electrons. The van der Waals surface area contributed by atoms with Gasteiger partial charge in [0, 0.05) is 43.0 Å². The molecule has 0 aromatic carbocycles. The number of anilines is 1. The first-order valence-corrected chi connectivity index (χ1v) is 9.27. The zero-order valence-electron chi connectivity index (χ0n) is 13.7. The Morgan fingerprint density at radius 3 is 3.08 bits per heavy atom. The molecule has 0 spiro atoms. The SMILES string of the molecule is N#Cc1cccnc1N1CCCC(c2nccn2Cc2cscn2)C1. The van der Waals surface area contributed by atoms with Gasteiger partial charge in [-0.3, -0.25) is 0 Å². The summed E-state index contributed by atoms with van der Waals surface area (Å²) in [4.78, 5) is 15.7. The number of thiazole rings is 1. The van der Waals surface area contributed by atoms with Crippen molar-refractivity contribution in [2.24, 2.45) is 0 Å². The Kier molecular flexibility index (Phi) is 4.44. The fourth-order valence-electron chi connectivity index (χ4n) is 3.42. The summed E-state index contributed by atoms with van der Waals surface area (Å²) in [7, 11) is 0. The van der Waals surface area contributed by atoms with Gasteiger partial charge in [0.2, 0.25) is 0 Å². The highest BCUT2D eigenvalue weighted by Gasteiger charge is 2.26. The average Bonchev–Trinajstić information content (AvgIpc) is 3.34. The van der Waals surface area contributed by atoms with E-state index in [2.05, 4.69) is 35.9 Å². The van der Waals surface area contributed by atoms with Crippen LogP contribution in [0.25, 0.3) is 0 Å². The van der Waals surface area contributed by atoms with Crippen LogP contribution in [-0.4, -0.2) is 32.6 Å². The van der Waals surface area contributed by atoms with E-state index in [9.17, 15) is 5.26 Å². The van der Waals surface area contributed by atoms with Gasteiger partial charge in [0.15, 0.2) is 0 Å². The summed E-state index contributed by atoms with van der Waals surface area (Å²) in [6.07, 6.45) is 7.80. The molecule has 0 aliphatic carbocycles. The second-order valence-corrected chi connectivity index (χ2v) is 6.88. The number of pyridine rings is 1. The highest BCUT2D eigenvalue weighted by atomic mass is 32.1. The van der Waals surface area contributed by atoms with Crippen LogP contribution < -0.4 is 4.90 Å². The van der Waals surface area contributed by atoms with E-state index in [-0.39, 0.29) is 0 Å². The molecular weight excluding hydrogens is 332 g/mol. The highest BCUT2D eigenvalue weighted by Crippen LogP contribution is 2.30. The third-order valence-electron chi connectivity index (χ3n) is 4.56. The Balaban J connectivity index is 1.56. The lowest BCUT2D eigenvalue weighted by Gasteiger charge is -2.33. The van der Waals surface area contributed by atoms with E-state index >= 15 is 0 Å². The van der Waals surface area contributed by atoms with Crippen molar-refractivity contribution in [3.8, 4) is 6.07 Å². The van der Waals surface area contributed by atoms with E-state index in [0.717, 1.165) is 49.8 Å². The maximum atomic E-state index is 9.35. The van der Waals surface area contributed by atoms with Crippen molar-refractivity contribution < 1.29 is 0 Å². The standard InChI is InChI=1S/C18H18N6S/c19-9-14-3-1-5-20-17(14)23-7-2-4-15(10-23)18-21-6-8-24(18)11-16-12-25-13-22-16/h1,3,5-6,8,12-13,15H,2,4,7,10-11H2. The van der Waals surface area contributed by atoms with Crippen molar-refractivity contribution >= 4 is 17.2 Å². The van der Waals surface area contributed by atoms with Gasteiger partial charge in [-0.25, -0.2) is 15.0 Å². The molecule has 0 saturated carbocycles. The highest BCUT2D eigenvalue weighted by molar-refractivity contribution is 7.07. The van der Waals surface area contributed by atoms with Gasteiger partial charge in [-0.15, -0.1) is 11.3 Å². The van der Waals surface area contributed by atoms with Crippen molar-refractivity contribution in [3.05, 3.63) is 58.7 Å². The number of rotatable bonds is 4. The molecule has 1 saturated heterocycles. The van der Waals surface area contributed by atoms with Crippen LogP contribution in [0.15, 0.2) is 41.6 Å². The molecule has 1 fully saturated rings. The Labute approximate surface area is 150 Å². The second kappa shape index (κ2) is 7.03. The van der Waals surface area contributed by atoms with E-state index in [1.807, 2.05) is 30.0 Å². The first-order chi connectivity index (χ1) is 12.3. The lowest BCUT2D eigenvalue weighted by Crippen LogP contribution is -2.36. The van der Waals surface area contributed by atoms with Crippen molar-refractivity contribution in [2.45, 2.75) is 25.3 Å². The Hall–Kier alpha value is -2.72. The minimum Gasteiger partial charge on any atom is -0.355 e. The van der Waals surface area contributed by atoms with Gasteiger partial charge in [0.1, 0.15) is 17.7 Å². The second-order valence-electron chi connectivity index (χ2n) is 6.16. The molecule has 25 heavy (non-hydrogen) atoms. The van der Waals surface area contributed by atoms with E-state index < -0.39 is 0 Å². The minimum absolute atomic E-state index is 0.330. The summed E-state index contributed by atoms with van der Waals surface area (Å²) in [5.74, 6) is 2.20. The topological polar surface area (TPSA) is 70.6 Å². The number of piperidine rings is 1. The zero-order chi connectivity index (χ0) is 17.1. The van der Waals surface area contributed by atoms with Crippen LogP contribution in [0.2, 0.25) is 0 Å². The lowest BCUT2D eigenvalue weighted by molar-refractivity contribution is 0.473. The largest absolute Gasteiger partial charge is 0.355 e. The molecule has 1 unspecified atom stereocenters. The molecule has 0 N–H and O–H groups in total. The molecule has 3 aromatic heterocycles. The maximum Gasteiger partial charge on any atom is 0.146 e. The van der Waals surface area contributed by atoms with Gasteiger partial charge in [-0.05, 0) is 25.0 Å². The van der Waals surface area contributed by atoms with Gasteiger partial charge < -0.3 is 9.47 Å². The number of aromatic nitrogens is 4. The number of hydrogen-bond acceptors (Lipinski definition) is 6. The van der Waals surface area contributed by atoms with Gasteiger partial charge in [0.25, 0.3) is 0 Å². The minimum atomic E-state index is 0.330. The average molecular weight is 350 g/mol. The Bertz CT molecular complexity index is 879. The molecule has 6 nitrogen and oxygen atoms in total. The molecular formula is C18H18N6S. The lowest BCUT2D eigenvalue weighted by atomic mass is 9.96. The van der Waals surface area contributed by atoms with E-state index in [1.54, 1.807) is 17.5 Å². The third kappa shape index (κ3) is 3.26. The number of nitrogens with zero attached hydrogens (tertiary/aromatic N) is 6. The van der Waals surface area contributed by atoms with Crippen LogP contribution in [-0.2, 0) is 6.54 Å². The normalized spacial score (nSPS) is 17.4. The van der Waals surface area contributed by atoms with Crippen molar-refractivity contribution in [1.82, 2.24) is 19.5 Å². The van der Waals surface area contributed by atoms with Crippen LogP contribution in [0.1, 0.15) is 35.8 Å². The van der Waals surface area contributed by atoms with Crippen molar-refractivity contribution in [2.75, 3.05) is 18.0 Å². The summed E-state index contributed by atoms with van der Waals surface area (Å²) in [5, 5.41) is 11.4. The van der Waals surface area contributed by atoms with Crippen LogP contribution in [0, 0.1) is 11.3 Å².